The topological polar surface area (TPSA) is 22.1 Å². The largest absolute Gasteiger partial charge is 0.497 e. The molecule has 2 nitrogen and oxygen atoms in total. The molecule has 1 aromatic carbocycles. The van der Waals surface area contributed by atoms with Crippen molar-refractivity contribution in [1.29, 1.82) is 0 Å². The number of ether oxygens (including phenoxy) is 1. The maximum atomic E-state index is 5.08. The summed E-state index contributed by atoms with van der Waals surface area (Å²) in [5, 5.41) is 0. The monoisotopic (exact) mass is 287 g/mol. The number of pyridine rings is 1. The van der Waals surface area contributed by atoms with E-state index in [0.29, 0.717) is 0 Å². The minimum absolute atomic E-state index is 0.754. The molecule has 0 saturated carbocycles. The predicted molar refractivity (Wildman–Crippen MR) is 70.9 cm³/mol. The molecule has 84 valence electrons. The minimum Gasteiger partial charge on any atom is -0.497 e. The molecule has 0 spiro atoms. The maximum Gasteiger partial charge on any atom is 0.118 e. The summed E-state index contributed by atoms with van der Waals surface area (Å²) in [6.45, 7) is 0. The first kappa shape index (κ1) is 11.7. The molecule has 0 aliphatic carbocycles. The number of nitrogens with zero attached hydrogens (tertiary/aromatic N) is 1. The fraction of sp³-hybridized carbons (Fsp3) is 0.0714. The normalized spacial score (nSPS) is 9.29. The van der Waals surface area contributed by atoms with Gasteiger partial charge >= 0.3 is 0 Å². The Bertz CT molecular complexity index is 550. The predicted octanol–water partition coefficient (Wildman–Crippen LogP) is 3.25. The third kappa shape index (κ3) is 3.33. The lowest BCUT2D eigenvalue weighted by molar-refractivity contribution is 0.415. The van der Waals surface area contributed by atoms with Crippen molar-refractivity contribution in [3.63, 3.8) is 0 Å². The summed E-state index contributed by atoms with van der Waals surface area (Å²) in [5.74, 6) is 6.88. The molecule has 3 heteroatoms. The van der Waals surface area contributed by atoms with Crippen LogP contribution in [0.15, 0.2) is 47.1 Å². The highest BCUT2D eigenvalue weighted by atomic mass is 79.9. The number of hydrogen-bond donors (Lipinski definition) is 0. The van der Waals surface area contributed by atoms with Gasteiger partial charge in [-0.1, -0.05) is 5.92 Å². The van der Waals surface area contributed by atoms with Gasteiger partial charge in [0.1, 0.15) is 11.4 Å². The Morgan fingerprint density at radius 2 is 1.82 bits per heavy atom. The molecule has 0 unspecified atom stereocenters. The fourth-order valence-electron chi connectivity index (χ4n) is 1.26. The number of aromatic nitrogens is 1. The average molecular weight is 288 g/mol. The number of benzene rings is 1. The molecule has 2 aromatic rings. The second-order valence-corrected chi connectivity index (χ2v) is 4.26. The molecular formula is C14H10BrNO. The van der Waals surface area contributed by atoms with Gasteiger partial charge in [-0.3, -0.25) is 0 Å². The molecule has 0 radical (unpaired) electrons. The quantitative estimate of drug-likeness (QED) is 0.751. The first-order valence-corrected chi connectivity index (χ1v) is 5.85. The molecule has 0 bridgehead atoms. The van der Waals surface area contributed by atoms with E-state index in [0.717, 1.165) is 21.5 Å². The molecule has 1 heterocycles. The van der Waals surface area contributed by atoms with Crippen LogP contribution in [0, 0.1) is 11.8 Å². The van der Waals surface area contributed by atoms with Crippen LogP contribution in [0.5, 0.6) is 5.75 Å². The Balaban J connectivity index is 2.17. The second kappa shape index (κ2) is 5.51. The molecule has 0 fully saturated rings. The van der Waals surface area contributed by atoms with Crippen LogP contribution in [-0.2, 0) is 0 Å². The minimum atomic E-state index is 0.754. The van der Waals surface area contributed by atoms with E-state index in [1.165, 1.54) is 0 Å². The first-order chi connectivity index (χ1) is 8.28. The van der Waals surface area contributed by atoms with Crippen LogP contribution >= 0.6 is 15.9 Å². The van der Waals surface area contributed by atoms with Crippen LogP contribution in [0.4, 0.5) is 0 Å². The lowest BCUT2D eigenvalue weighted by Crippen LogP contribution is -1.83. The Morgan fingerprint density at radius 3 is 2.41 bits per heavy atom. The summed E-state index contributed by atoms with van der Waals surface area (Å²) in [5.41, 5.74) is 1.69. The smallest absolute Gasteiger partial charge is 0.118 e. The van der Waals surface area contributed by atoms with E-state index in [-0.39, 0.29) is 0 Å². The van der Waals surface area contributed by atoms with Crippen LogP contribution < -0.4 is 4.74 Å². The average Bonchev–Trinajstić information content (AvgIpc) is 2.39. The molecule has 0 amide bonds. The summed E-state index contributed by atoms with van der Waals surface area (Å²) >= 11 is 3.33. The van der Waals surface area contributed by atoms with E-state index in [1.807, 2.05) is 36.4 Å². The fourth-order valence-corrected chi connectivity index (χ4v) is 1.49. The molecule has 0 N–H and O–H groups in total. The molecule has 0 aliphatic rings. The SMILES string of the molecule is COc1ccc(C#Cc2ccc(Br)cn2)cc1. The lowest BCUT2D eigenvalue weighted by Gasteiger charge is -1.97. The second-order valence-electron chi connectivity index (χ2n) is 3.34. The first-order valence-electron chi connectivity index (χ1n) is 5.05. The van der Waals surface area contributed by atoms with E-state index in [1.54, 1.807) is 13.3 Å². The van der Waals surface area contributed by atoms with Crippen molar-refractivity contribution in [1.82, 2.24) is 4.98 Å². The summed E-state index contributed by atoms with van der Waals surface area (Å²) in [6.07, 6.45) is 1.73. The van der Waals surface area contributed by atoms with Crippen molar-refractivity contribution in [3.8, 4) is 17.6 Å². The van der Waals surface area contributed by atoms with Crippen LogP contribution in [0.3, 0.4) is 0 Å². The van der Waals surface area contributed by atoms with Crippen LogP contribution in [-0.4, -0.2) is 12.1 Å². The van der Waals surface area contributed by atoms with E-state index < -0.39 is 0 Å². The van der Waals surface area contributed by atoms with Gasteiger partial charge in [0.15, 0.2) is 0 Å². The number of rotatable bonds is 1. The zero-order valence-corrected chi connectivity index (χ0v) is 10.9. The van der Waals surface area contributed by atoms with Crippen molar-refractivity contribution in [2.24, 2.45) is 0 Å². The van der Waals surface area contributed by atoms with E-state index in [9.17, 15) is 0 Å². The van der Waals surface area contributed by atoms with Gasteiger partial charge in [0.25, 0.3) is 0 Å². The Labute approximate surface area is 109 Å². The molecule has 1 aromatic heterocycles. The van der Waals surface area contributed by atoms with Crippen LogP contribution in [0.25, 0.3) is 0 Å². The van der Waals surface area contributed by atoms with Crippen molar-refractivity contribution in [3.05, 3.63) is 58.3 Å². The molecular weight excluding hydrogens is 278 g/mol. The van der Waals surface area contributed by atoms with Gasteiger partial charge in [0.2, 0.25) is 0 Å². The lowest BCUT2D eigenvalue weighted by atomic mass is 10.2. The van der Waals surface area contributed by atoms with Gasteiger partial charge in [0, 0.05) is 16.2 Å². The zero-order valence-electron chi connectivity index (χ0n) is 9.27. The molecule has 0 saturated heterocycles. The summed E-state index contributed by atoms with van der Waals surface area (Å²) in [4.78, 5) is 4.18. The van der Waals surface area contributed by atoms with Gasteiger partial charge in [-0.2, -0.15) is 0 Å². The van der Waals surface area contributed by atoms with Crippen molar-refractivity contribution >= 4 is 15.9 Å². The zero-order chi connectivity index (χ0) is 12.1. The van der Waals surface area contributed by atoms with E-state index in [4.69, 9.17) is 4.74 Å². The van der Waals surface area contributed by atoms with Gasteiger partial charge in [0.05, 0.1) is 7.11 Å². The Hall–Kier alpha value is -1.79. The Kier molecular flexibility index (Phi) is 3.79. The van der Waals surface area contributed by atoms with E-state index >= 15 is 0 Å². The highest BCUT2D eigenvalue weighted by molar-refractivity contribution is 9.10. The summed E-state index contributed by atoms with van der Waals surface area (Å²) in [6, 6.07) is 11.4. The van der Waals surface area contributed by atoms with Gasteiger partial charge < -0.3 is 4.74 Å². The number of methoxy groups -OCH3 is 1. The van der Waals surface area contributed by atoms with Crippen LogP contribution in [0.1, 0.15) is 11.3 Å². The maximum absolute atomic E-state index is 5.08. The highest BCUT2D eigenvalue weighted by Crippen LogP contribution is 2.10. The van der Waals surface area contributed by atoms with Crippen molar-refractivity contribution < 1.29 is 4.74 Å². The number of halogens is 1. The summed E-state index contributed by atoms with van der Waals surface area (Å²) < 4.78 is 6.03. The Morgan fingerprint density at radius 1 is 1.06 bits per heavy atom. The van der Waals surface area contributed by atoms with Gasteiger partial charge in [-0.15, -0.1) is 0 Å². The highest BCUT2D eigenvalue weighted by Gasteiger charge is 1.91. The van der Waals surface area contributed by atoms with Crippen LogP contribution in [0.2, 0.25) is 0 Å². The van der Waals surface area contributed by atoms with Gasteiger partial charge in [-0.05, 0) is 58.2 Å². The number of hydrogen-bond acceptors (Lipinski definition) is 2. The molecule has 2 rings (SSSR count). The van der Waals surface area contributed by atoms with E-state index in [2.05, 4.69) is 32.8 Å². The standard InChI is InChI=1S/C14H10BrNO/c1-17-14-8-3-11(4-9-14)2-6-13-7-5-12(15)10-16-13/h3-5,7-10H,1H3. The molecule has 0 aliphatic heterocycles. The molecule has 0 atom stereocenters. The van der Waals surface area contributed by atoms with Crippen molar-refractivity contribution in [2.45, 2.75) is 0 Å². The van der Waals surface area contributed by atoms with Gasteiger partial charge in [-0.25, -0.2) is 4.98 Å². The summed E-state index contributed by atoms with van der Waals surface area (Å²) in [7, 11) is 1.65. The van der Waals surface area contributed by atoms with Crippen molar-refractivity contribution in [2.75, 3.05) is 7.11 Å². The molecule has 17 heavy (non-hydrogen) atoms. The third-order valence-corrected chi connectivity index (χ3v) is 2.62. The third-order valence-electron chi connectivity index (χ3n) is 2.15.